The molecule has 2 aromatic carbocycles. The molecule has 0 saturated heterocycles. The van der Waals surface area contributed by atoms with Crippen molar-refractivity contribution in [3.05, 3.63) is 105 Å². The third kappa shape index (κ3) is 4.93. The molecule has 0 aliphatic heterocycles. The minimum atomic E-state index is -0.334. The van der Waals surface area contributed by atoms with Gasteiger partial charge in [-0.15, -0.1) is 0 Å². The first-order valence-corrected chi connectivity index (χ1v) is 10.3. The van der Waals surface area contributed by atoms with Crippen molar-refractivity contribution in [3.63, 3.8) is 0 Å². The van der Waals surface area contributed by atoms with Crippen LogP contribution in [0.3, 0.4) is 0 Å². The monoisotopic (exact) mass is 452 g/mol. The number of nitrogens with zero attached hydrogens (tertiary/aromatic N) is 4. The van der Waals surface area contributed by atoms with Gasteiger partial charge in [0.1, 0.15) is 6.54 Å². The molecule has 2 heterocycles. The minimum Gasteiger partial charge on any atom is -0.331 e. The van der Waals surface area contributed by atoms with Crippen LogP contribution in [-0.4, -0.2) is 25.3 Å². The van der Waals surface area contributed by atoms with Crippen LogP contribution in [0.15, 0.2) is 77.9 Å². The molecular formula is C23H18Cl2N4O2. The second kappa shape index (κ2) is 9.29. The van der Waals surface area contributed by atoms with Gasteiger partial charge in [-0.05, 0) is 42.0 Å². The highest BCUT2D eigenvalue weighted by Crippen LogP contribution is 2.23. The van der Waals surface area contributed by atoms with Crippen LogP contribution < -0.4 is 5.56 Å². The molecule has 0 saturated carbocycles. The number of halogens is 2. The minimum absolute atomic E-state index is 0.115. The van der Waals surface area contributed by atoms with Crippen LogP contribution in [0.5, 0.6) is 0 Å². The predicted molar refractivity (Wildman–Crippen MR) is 121 cm³/mol. The average molecular weight is 453 g/mol. The third-order valence-electron chi connectivity index (χ3n) is 4.84. The normalized spacial score (nSPS) is 10.9. The zero-order chi connectivity index (χ0) is 21.8. The summed E-state index contributed by atoms with van der Waals surface area (Å²) >= 11 is 12.2. The van der Waals surface area contributed by atoms with Gasteiger partial charge in [0.2, 0.25) is 5.91 Å². The van der Waals surface area contributed by atoms with E-state index in [0.29, 0.717) is 27.6 Å². The summed E-state index contributed by atoms with van der Waals surface area (Å²) in [5, 5.41) is 0.864. The van der Waals surface area contributed by atoms with Crippen LogP contribution in [0.25, 0.3) is 11.0 Å². The van der Waals surface area contributed by atoms with E-state index in [4.69, 9.17) is 23.2 Å². The topological polar surface area (TPSA) is 68.1 Å². The summed E-state index contributed by atoms with van der Waals surface area (Å²) in [6.07, 6.45) is 2.91. The van der Waals surface area contributed by atoms with E-state index in [0.717, 1.165) is 11.3 Å². The van der Waals surface area contributed by atoms with Crippen LogP contribution in [0, 0.1) is 0 Å². The number of hydrogen-bond acceptors (Lipinski definition) is 4. The Morgan fingerprint density at radius 1 is 0.935 bits per heavy atom. The highest BCUT2D eigenvalue weighted by atomic mass is 35.5. The molecule has 156 valence electrons. The van der Waals surface area contributed by atoms with Gasteiger partial charge in [-0.2, -0.15) is 0 Å². The van der Waals surface area contributed by atoms with Gasteiger partial charge in [0.15, 0.2) is 0 Å². The first-order valence-electron chi connectivity index (χ1n) is 9.57. The fourth-order valence-corrected chi connectivity index (χ4v) is 3.61. The lowest BCUT2D eigenvalue weighted by atomic mass is 10.2. The number of amides is 1. The molecule has 0 spiro atoms. The number of rotatable bonds is 6. The summed E-state index contributed by atoms with van der Waals surface area (Å²) in [5.41, 5.74) is 2.49. The van der Waals surface area contributed by atoms with Crippen molar-refractivity contribution in [1.82, 2.24) is 19.4 Å². The van der Waals surface area contributed by atoms with Crippen molar-refractivity contribution >= 4 is 40.1 Å². The van der Waals surface area contributed by atoms with E-state index in [2.05, 4.69) is 9.97 Å². The van der Waals surface area contributed by atoms with Gasteiger partial charge in [-0.3, -0.25) is 19.1 Å². The lowest BCUT2D eigenvalue weighted by Crippen LogP contribution is -2.36. The Bertz CT molecular complexity index is 1290. The van der Waals surface area contributed by atoms with Crippen molar-refractivity contribution in [2.75, 3.05) is 0 Å². The molecule has 0 atom stereocenters. The summed E-state index contributed by atoms with van der Waals surface area (Å²) in [4.78, 5) is 35.9. The van der Waals surface area contributed by atoms with Crippen LogP contribution in [-0.2, 0) is 24.4 Å². The largest absolute Gasteiger partial charge is 0.331 e. The Hall–Kier alpha value is -3.22. The highest BCUT2D eigenvalue weighted by molar-refractivity contribution is 6.42. The fourth-order valence-electron chi connectivity index (χ4n) is 3.29. The second-order valence-electron chi connectivity index (χ2n) is 6.99. The van der Waals surface area contributed by atoms with Gasteiger partial charge < -0.3 is 4.90 Å². The first kappa shape index (κ1) is 21.0. The van der Waals surface area contributed by atoms with Gasteiger partial charge >= 0.3 is 0 Å². The Morgan fingerprint density at radius 2 is 1.74 bits per heavy atom. The average Bonchev–Trinajstić information content (AvgIpc) is 2.78. The quantitative estimate of drug-likeness (QED) is 0.436. The molecule has 4 aromatic rings. The van der Waals surface area contributed by atoms with Crippen molar-refractivity contribution in [2.45, 2.75) is 19.6 Å². The molecule has 0 aliphatic rings. The second-order valence-corrected chi connectivity index (χ2v) is 7.81. The molecule has 2 aromatic heterocycles. The number of hydrogen-bond donors (Lipinski definition) is 0. The van der Waals surface area contributed by atoms with Crippen LogP contribution in [0.1, 0.15) is 11.3 Å². The van der Waals surface area contributed by atoms with Gasteiger partial charge in [-0.1, -0.05) is 47.5 Å². The van der Waals surface area contributed by atoms with Gasteiger partial charge in [0.25, 0.3) is 5.56 Å². The molecule has 6 nitrogen and oxygen atoms in total. The maximum Gasteiger partial charge on any atom is 0.269 e. The Labute approximate surface area is 188 Å². The molecule has 0 N–H and O–H groups in total. The third-order valence-corrected chi connectivity index (χ3v) is 5.57. The Kier molecular flexibility index (Phi) is 6.30. The van der Waals surface area contributed by atoms with Gasteiger partial charge in [0.05, 0.1) is 39.5 Å². The summed E-state index contributed by atoms with van der Waals surface area (Å²) in [5.74, 6) is -0.227. The van der Waals surface area contributed by atoms with Gasteiger partial charge in [0, 0.05) is 12.7 Å². The lowest BCUT2D eigenvalue weighted by Gasteiger charge is -2.23. The molecule has 0 fully saturated rings. The summed E-state index contributed by atoms with van der Waals surface area (Å²) in [7, 11) is 0. The molecule has 8 heteroatoms. The number of carbonyl (C=O) groups is 1. The highest BCUT2D eigenvalue weighted by Gasteiger charge is 2.18. The maximum atomic E-state index is 13.3. The molecule has 0 unspecified atom stereocenters. The van der Waals surface area contributed by atoms with Crippen molar-refractivity contribution in [2.24, 2.45) is 0 Å². The summed E-state index contributed by atoms with van der Waals surface area (Å²) in [6.45, 7) is 0.470. The van der Waals surface area contributed by atoms with Crippen molar-refractivity contribution < 1.29 is 4.79 Å². The van der Waals surface area contributed by atoms with Crippen molar-refractivity contribution in [3.8, 4) is 0 Å². The predicted octanol–water partition coefficient (Wildman–Crippen LogP) is 4.33. The number of benzene rings is 2. The SMILES string of the molecule is O=C(Cn1c(=O)cnc2ccccc21)N(Cc1ccc(Cl)c(Cl)c1)Cc1ccccn1. The Morgan fingerprint density at radius 3 is 2.52 bits per heavy atom. The fraction of sp³-hybridized carbons (Fsp3) is 0.130. The van der Waals surface area contributed by atoms with E-state index in [9.17, 15) is 9.59 Å². The maximum absolute atomic E-state index is 13.3. The van der Waals surface area contributed by atoms with E-state index in [1.807, 2.05) is 36.4 Å². The molecular weight excluding hydrogens is 435 g/mol. The summed E-state index contributed by atoms with van der Waals surface area (Å²) in [6, 6.07) is 18.0. The molecule has 0 aliphatic carbocycles. The zero-order valence-corrected chi connectivity index (χ0v) is 17.9. The van der Waals surface area contributed by atoms with Crippen LogP contribution in [0.2, 0.25) is 10.0 Å². The molecule has 0 radical (unpaired) electrons. The number of carbonyl (C=O) groups excluding carboxylic acids is 1. The summed E-state index contributed by atoms with van der Waals surface area (Å²) < 4.78 is 1.44. The number of para-hydroxylation sites is 2. The first-order chi connectivity index (χ1) is 15.0. The van der Waals surface area contributed by atoms with Gasteiger partial charge in [-0.25, -0.2) is 4.98 Å². The molecule has 0 bridgehead atoms. The lowest BCUT2D eigenvalue weighted by molar-refractivity contribution is -0.133. The molecule has 1 amide bonds. The van der Waals surface area contributed by atoms with E-state index in [1.165, 1.54) is 10.8 Å². The number of fused-ring (bicyclic) bond motifs is 1. The van der Waals surface area contributed by atoms with E-state index < -0.39 is 0 Å². The smallest absolute Gasteiger partial charge is 0.269 e. The van der Waals surface area contributed by atoms with Crippen molar-refractivity contribution in [1.29, 1.82) is 0 Å². The molecule has 4 rings (SSSR count). The zero-order valence-electron chi connectivity index (χ0n) is 16.4. The molecule has 31 heavy (non-hydrogen) atoms. The van der Waals surface area contributed by atoms with E-state index in [1.54, 1.807) is 35.4 Å². The number of pyridine rings is 1. The van der Waals surface area contributed by atoms with Crippen LogP contribution >= 0.6 is 23.2 Å². The van der Waals surface area contributed by atoms with E-state index >= 15 is 0 Å². The van der Waals surface area contributed by atoms with E-state index in [-0.39, 0.29) is 24.6 Å². The number of aromatic nitrogens is 3. The van der Waals surface area contributed by atoms with Crippen LogP contribution in [0.4, 0.5) is 0 Å². The Balaban J connectivity index is 1.66. The standard InChI is InChI=1S/C23H18Cl2N4O2/c24-18-9-8-16(11-19(18)25)13-28(14-17-5-3-4-10-26-17)23(31)15-29-21-7-2-1-6-20(21)27-12-22(29)30/h1-12H,13-15H2.